The lowest BCUT2D eigenvalue weighted by Gasteiger charge is -2.27. The van der Waals surface area contributed by atoms with Crippen LogP contribution in [0.1, 0.15) is 88.8 Å². The van der Waals surface area contributed by atoms with Crippen molar-refractivity contribution in [3.05, 3.63) is 89.5 Å². The number of phenolic OH excluding ortho intramolecular Hbond substituents is 1. The highest BCUT2D eigenvalue weighted by Gasteiger charge is 2.34. The van der Waals surface area contributed by atoms with Gasteiger partial charge in [0.15, 0.2) is 0 Å². The number of alkyl carbamates (subject to hydrolysis) is 1. The molecule has 0 heterocycles. The van der Waals surface area contributed by atoms with Gasteiger partial charge in [0.05, 0.1) is 13.2 Å². The van der Waals surface area contributed by atoms with E-state index in [0.29, 0.717) is 18.4 Å². The fraction of sp³-hybridized carbons (Fsp3) is 0.462. The molecular weight excluding hydrogens is 991 g/mol. The van der Waals surface area contributed by atoms with E-state index >= 15 is 0 Å². The number of nitrogens with one attached hydrogen (secondary N) is 8. The number of carbonyl (C=O) groups excluding carboxylic acids is 9. The number of amides is 9. The van der Waals surface area contributed by atoms with Crippen molar-refractivity contribution >= 4 is 59.3 Å². The van der Waals surface area contributed by atoms with Crippen molar-refractivity contribution in [2.45, 2.75) is 121 Å². The van der Waals surface area contributed by atoms with E-state index in [9.17, 15) is 68.4 Å². The number of unbranched alkanes of at least 4 members (excludes halogenated alkanes) is 1. The van der Waals surface area contributed by atoms with Gasteiger partial charge in [-0.1, -0.05) is 74.5 Å². The molecule has 3 aromatic rings. The molecule has 0 radical (unpaired) electrons. The van der Waals surface area contributed by atoms with E-state index in [-0.39, 0.29) is 50.0 Å². The van der Waals surface area contributed by atoms with Crippen LogP contribution < -0.4 is 48.3 Å². The normalized spacial score (nSPS) is 14.4. The molecule has 0 unspecified atom stereocenters. The molecule has 0 aliphatic heterocycles. The fourth-order valence-corrected chi connectivity index (χ4v) is 8.31. The van der Waals surface area contributed by atoms with Crippen molar-refractivity contribution < 1.29 is 73.1 Å². The van der Waals surface area contributed by atoms with Gasteiger partial charge in [-0.25, -0.2) is 9.59 Å². The lowest BCUT2D eigenvalue weighted by molar-refractivity contribution is -0.143. The van der Waals surface area contributed by atoms with Crippen LogP contribution in [-0.4, -0.2) is 148 Å². The largest absolute Gasteiger partial charge is 0.508 e. The van der Waals surface area contributed by atoms with E-state index in [2.05, 4.69) is 42.5 Å². The predicted octanol–water partition coefficient (Wildman–Crippen LogP) is -0.542. The summed E-state index contributed by atoms with van der Waals surface area (Å²) in [4.78, 5) is 129. The molecule has 0 aromatic heterocycles. The van der Waals surface area contributed by atoms with E-state index in [1.165, 1.54) is 38.1 Å². The summed E-state index contributed by atoms with van der Waals surface area (Å²) in [7, 11) is 0. The molecular formula is C52H69N9O15. The van der Waals surface area contributed by atoms with Crippen LogP contribution in [0.5, 0.6) is 5.75 Å². The van der Waals surface area contributed by atoms with Crippen LogP contribution in [-0.2, 0) is 54.3 Å². The second kappa shape index (κ2) is 29.7. The Hall–Kier alpha value is -8.12. The molecule has 3 aromatic carbocycles. The number of carboxylic acid groups (broad SMARTS) is 1. The van der Waals surface area contributed by atoms with Gasteiger partial charge < -0.3 is 73.4 Å². The highest BCUT2D eigenvalue weighted by Crippen LogP contribution is 2.44. The first-order valence-electron chi connectivity index (χ1n) is 24.8. The van der Waals surface area contributed by atoms with Gasteiger partial charge in [0.25, 0.3) is 0 Å². The van der Waals surface area contributed by atoms with Crippen LogP contribution in [0.25, 0.3) is 11.1 Å². The lowest BCUT2D eigenvalue weighted by atomic mass is 9.98. The summed E-state index contributed by atoms with van der Waals surface area (Å²) in [5.41, 5.74) is 10.00. The Labute approximate surface area is 439 Å². The number of ether oxygens (including phenoxy) is 1. The molecule has 9 amide bonds. The Kier molecular flexibility index (Phi) is 23.6. The van der Waals surface area contributed by atoms with Gasteiger partial charge in [0.2, 0.25) is 47.3 Å². The molecule has 1 aliphatic carbocycles. The molecule has 24 nitrogen and oxygen atoms in total. The summed E-state index contributed by atoms with van der Waals surface area (Å²) in [5.74, 6) is -9.24. The Morgan fingerprint density at radius 2 is 1.08 bits per heavy atom. The predicted molar refractivity (Wildman–Crippen MR) is 273 cm³/mol. The molecule has 0 bridgehead atoms. The average molecular weight is 1060 g/mol. The molecule has 0 fully saturated rings. The number of aromatic hydroxyl groups is 1. The maximum absolute atomic E-state index is 14.0. The molecule has 7 atom stereocenters. The van der Waals surface area contributed by atoms with Gasteiger partial charge >= 0.3 is 12.1 Å². The number of benzene rings is 3. The number of hydrogen-bond donors (Lipinski definition) is 13. The molecule has 0 spiro atoms. The SMILES string of the molecule is CC(=O)N[C@@H](CCCCNC(=O)OCC1c2ccccc2-c2ccccc21)C(=O)N[C@@H](C)C(=O)N[C@@H](CO)C(=O)N[C@@H](Cc1ccc(O)cc1)C(=O)N[C@@H](CCC(N)=O)C(=O)N[C@@H](CO)C(=O)N[C@@H](CC(C)C)C(=O)O. The van der Waals surface area contributed by atoms with E-state index in [1.807, 2.05) is 48.5 Å². The van der Waals surface area contributed by atoms with Crippen molar-refractivity contribution in [2.75, 3.05) is 26.4 Å². The molecule has 412 valence electrons. The van der Waals surface area contributed by atoms with E-state index in [4.69, 9.17) is 10.5 Å². The second-order valence-corrected chi connectivity index (χ2v) is 18.7. The number of carbonyl (C=O) groups is 10. The molecule has 24 heteroatoms. The van der Waals surface area contributed by atoms with Crippen LogP contribution in [0, 0.1) is 5.92 Å². The number of aliphatic hydroxyl groups excluding tert-OH is 2. The summed E-state index contributed by atoms with van der Waals surface area (Å²) in [6.07, 6.45) is -0.991. The number of rotatable bonds is 30. The highest BCUT2D eigenvalue weighted by molar-refractivity contribution is 5.97. The van der Waals surface area contributed by atoms with Gasteiger partial charge in [-0.05, 0) is 84.9 Å². The number of primary amides is 1. The van der Waals surface area contributed by atoms with E-state index < -0.39 is 128 Å². The minimum atomic E-state index is -1.74. The van der Waals surface area contributed by atoms with Gasteiger partial charge in [-0.3, -0.25) is 38.4 Å². The first-order valence-corrected chi connectivity index (χ1v) is 24.8. The number of aliphatic carboxylic acids is 1. The molecule has 14 N–H and O–H groups in total. The first kappa shape index (κ1) is 60.4. The standard InChI is InChI=1S/C52H69N9O15/c1-28(2)23-41(51(73)74)59-50(72)43(26-63)61-47(69)39(20-21-44(53)66)57-48(70)40(24-31-16-18-32(65)19-17-31)58-49(71)42(25-62)60-45(67)29(3)55-46(68)38(56-30(4)64)15-9-10-22-54-52(75)76-27-37-35-13-7-5-11-33(35)34-12-6-8-14-36(34)37/h5-8,11-14,16-19,28-29,37-43,62-63,65H,9-10,15,20-27H2,1-4H3,(H2,53,66)(H,54,75)(H,55,68)(H,56,64)(H,57,70)(H,58,71)(H,59,72)(H,60,67)(H,61,69)(H,73,74)/t29-,38-,39-,40-,41-,42-,43-/m0/s1. The number of fused-ring (bicyclic) bond motifs is 3. The highest BCUT2D eigenvalue weighted by atomic mass is 16.5. The smallest absolute Gasteiger partial charge is 0.407 e. The topological polar surface area (TPSA) is 383 Å². The number of aliphatic hydroxyl groups is 2. The molecule has 0 saturated heterocycles. The summed E-state index contributed by atoms with van der Waals surface area (Å²) in [6, 6.07) is 10.8. The third-order valence-corrected chi connectivity index (χ3v) is 12.3. The zero-order chi connectivity index (χ0) is 56.1. The quantitative estimate of drug-likeness (QED) is 0.0373. The maximum atomic E-state index is 14.0. The zero-order valence-corrected chi connectivity index (χ0v) is 42.8. The van der Waals surface area contributed by atoms with Gasteiger partial charge in [-0.2, -0.15) is 0 Å². The van der Waals surface area contributed by atoms with Crippen LogP contribution in [0.4, 0.5) is 4.79 Å². The molecule has 4 rings (SSSR count). The van der Waals surface area contributed by atoms with Crippen LogP contribution in [0.2, 0.25) is 0 Å². The minimum absolute atomic E-state index is 0.0205. The van der Waals surface area contributed by atoms with Crippen molar-refractivity contribution in [3.63, 3.8) is 0 Å². The number of phenols is 1. The lowest BCUT2D eigenvalue weighted by Crippen LogP contribution is -2.61. The third kappa shape index (κ3) is 18.7. The average Bonchev–Trinajstić information content (AvgIpc) is 3.69. The maximum Gasteiger partial charge on any atom is 0.407 e. The zero-order valence-electron chi connectivity index (χ0n) is 42.8. The van der Waals surface area contributed by atoms with Crippen molar-refractivity contribution in [2.24, 2.45) is 11.7 Å². The van der Waals surface area contributed by atoms with Crippen molar-refractivity contribution in [1.82, 2.24) is 42.5 Å². The van der Waals surface area contributed by atoms with Crippen LogP contribution >= 0.6 is 0 Å². The summed E-state index contributed by atoms with van der Waals surface area (Å²) in [6.45, 7) is 4.22. The Morgan fingerprint density at radius 3 is 1.62 bits per heavy atom. The van der Waals surface area contributed by atoms with Crippen molar-refractivity contribution in [3.8, 4) is 16.9 Å². The fourth-order valence-electron chi connectivity index (χ4n) is 8.31. The van der Waals surface area contributed by atoms with Gasteiger partial charge in [0, 0.05) is 32.2 Å². The number of hydrogen-bond acceptors (Lipinski definition) is 14. The van der Waals surface area contributed by atoms with Crippen LogP contribution in [0.3, 0.4) is 0 Å². The number of carboxylic acids is 1. The Balaban J connectivity index is 1.35. The van der Waals surface area contributed by atoms with Crippen molar-refractivity contribution in [1.29, 1.82) is 0 Å². The molecule has 76 heavy (non-hydrogen) atoms. The Morgan fingerprint density at radius 1 is 0.592 bits per heavy atom. The second-order valence-electron chi connectivity index (χ2n) is 18.7. The van der Waals surface area contributed by atoms with Gasteiger partial charge in [-0.15, -0.1) is 0 Å². The summed E-state index contributed by atoms with van der Waals surface area (Å²) in [5, 5.41) is 59.0. The third-order valence-electron chi connectivity index (χ3n) is 12.3. The number of nitrogens with two attached hydrogens (primary N) is 1. The van der Waals surface area contributed by atoms with E-state index in [1.54, 1.807) is 13.8 Å². The summed E-state index contributed by atoms with van der Waals surface area (Å²) >= 11 is 0. The Bertz CT molecular complexity index is 2500. The van der Waals surface area contributed by atoms with E-state index in [0.717, 1.165) is 22.3 Å². The van der Waals surface area contributed by atoms with Gasteiger partial charge in [0.1, 0.15) is 54.6 Å². The first-order chi connectivity index (χ1) is 36.1. The minimum Gasteiger partial charge on any atom is -0.508 e. The monoisotopic (exact) mass is 1060 g/mol. The van der Waals surface area contributed by atoms with Crippen LogP contribution in [0.15, 0.2) is 72.8 Å². The molecule has 1 aliphatic rings. The molecule has 0 saturated carbocycles. The summed E-state index contributed by atoms with van der Waals surface area (Å²) < 4.78 is 5.58.